The standard InChI is InChI=1S/C28H33N7O4/c1-3-24(36)34-17-20(18-34)10-11-35-25(37)9-4-21-16-29-28(31-27(21)35)30-22-5-7-23(8-6-22)32-12-14-33(15-13-32)26(38)19-39-2/h3-9,16,20H,1,10-15,17-19H2,2H3,(H,29,30,31). The lowest BCUT2D eigenvalue weighted by atomic mass is 9.96. The summed E-state index contributed by atoms with van der Waals surface area (Å²) in [4.78, 5) is 51.4. The highest BCUT2D eigenvalue weighted by Gasteiger charge is 2.29. The number of hydrogen-bond acceptors (Lipinski definition) is 8. The first kappa shape index (κ1) is 26.4. The van der Waals surface area contributed by atoms with Crippen LogP contribution in [0.5, 0.6) is 0 Å². The number of hydrogen-bond donors (Lipinski definition) is 1. The Morgan fingerprint density at radius 2 is 1.82 bits per heavy atom. The number of amides is 2. The molecule has 3 aromatic rings. The number of nitrogens with zero attached hydrogens (tertiary/aromatic N) is 6. The molecule has 5 rings (SSSR count). The van der Waals surface area contributed by atoms with Crippen molar-refractivity contribution in [2.45, 2.75) is 13.0 Å². The number of aryl methyl sites for hydroxylation is 1. The van der Waals surface area contributed by atoms with Gasteiger partial charge in [0.15, 0.2) is 0 Å². The molecule has 1 N–H and O–H groups in total. The van der Waals surface area contributed by atoms with Crippen LogP contribution < -0.4 is 15.8 Å². The van der Waals surface area contributed by atoms with Crippen LogP contribution in [-0.4, -0.2) is 89.1 Å². The highest BCUT2D eigenvalue weighted by atomic mass is 16.5. The van der Waals surface area contributed by atoms with Crippen LogP contribution in [0, 0.1) is 5.92 Å². The Morgan fingerprint density at radius 1 is 1.08 bits per heavy atom. The van der Waals surface area contributed by atoms with Crippen molar-refractivity contribution in [1.29, 1.82) is 0 Å². The summed E-state index contributed by atoms with van der Waals surface area (Å²) in [7, 11) is 1.53. The molecule has 0 radical (unpaired) electrons. The lowest BCUT2D eigenvalue weighted by molar-refractivity contribution is -0.135. The predicted octanol–water partition coefficient (Wildman–Crippen LogP) is 1.86. The molecule has 0 atom stereocenters. The van der Waals surface area contributed by atoms with Gasteiger partial charge in [-0.2, -0.15) is 4.98 Å². The lowest BCUT2D eigenvalue weighted by Gasteiger charge is -2.38. The molecule has 4 heterocycles. The van der Waals surface area contributed by atoms with Gasteiger partial charge in [0.2, 0.25) is 17.8 Å². The van der Waals surface area contributed by atoms with E-state index in [1.807, 2.05) is 29.2 Å². The number of likely N-dealkylation sites (tertiary alicyclic amines) is 1. The number of piperazine rings is 1. The van der Waals surface area contributed by atoms with Crippen molar-refractivity contribution in [2.75, 3.05) is 63.2 Å². The van der Waals surface area contributed by atoms with E-state index in [4.69, 9.17) is 4.74 Å². The Balaban J connectivity index is 1.22. The van der Waals surface area contributed by atoms with Crippen molar-refractivity contribution in [1.82, 2.24) is 24.3 Å². The predicted molar refractivity (Wildman–Crippen MR) is 149 cm³/mol. The van der Waals surface area contributed by atoms with Crippen LogP contribution in [0.25, 0.3) is 11.0 Å². The second-order valence-electron chi connectivity index (χ2n) is 9.87. The van der Waals surface area contributed by atoms with Crippen molar-refractivity contribution in [3.63, 3.8) is 0 Å². The van der Waals surface area contributed by atoms with Crippen molar-refractivity contribution < 1.29 is 14.3 Å². The quantitative estimate of drug-likeness (QED) is 0.417. The minimum atomic E-state index is -0.112. The number of methoxy groups -OCH3 is 1. The van der Waals surface area contributed by atoms with E-state index in [9.17, 15) is 14.4 Å². The van der Waals surface area contributed by atoms with E-state index >= 15 is 0 Å². The smallest absolute Gasteiger partial charge is 0.252 e. The summed E-state index contributed by atoms with van der Waals surface area (Å²) in [6.07, 6.45) is 3.83. The molecular formula is C28H33N7O4. The van der Waals surface area contributed by atoms with Crippen molar-refractivity contribution in [3.8, 4) is 0 Å². The zero-order valence-electron chi connectivity index (χ0n) is 22.1. The SMILES string of the molecule is C=CC(=O)N1CC(CCn2c(=O)ccc3cnc(Nc4ccc(N5CCN(C(=O)COC)CC5)cc4)nc32)C1. The number of anilines is 3. The minimum Gasteiger partial charge on any atom is -0.375 e. The molecule has 11 heteroatoms. The largest absolute Gasteiger partial charge is 0.375 e. The van der Waals surface area contributed by atoms with Gasteiger partial charge >= 0.3 is 0 Å². The number of benzene rings is 1. The number of nitrogens with one attached hydrogen (secondary N) is 1. The van der Waals surface area contributed by atoms with Crippen LogP contribution in [0.4, 0.5) is 17.3 Å². The van der Waals surface area contributed by atoms with E-state index in [1.54, 1.807) is 27.8 Å². The van der Waals surface area contributed by atoms with Crippen LogP contribution in [0.1, 0.15) is 6.42 Å². The molecule has 11 nitrogen and oxygen atoms in total. The number of pyridine rings is 1. The van der Waals surface area contributed by atoms with Gasteiger partial charge < -0.3 is 24.8 Å². The highest BCUT2D eigenvalue weighted by molar-refractivity contribution is 5.87. The molecular weight excluding hydrogens is 498 g/mol. The zero-order valence-corrected chi connectivity index (χ0v) is 22.1. The second-order valence-corrected chi connectivity index (χ2v) is 9.87. The van der Waals surface area contributed by atoms with E-state index in [1.165, 1.54) is 13.2 Å². The molecule has 0 saturated carbocycles. The van der Waals surface area contributed by atoms with Gasteiger partial charge in [0.25, 0.3) is 5.56 Å². The molecule has 2 aromatic heterocycles. The highest BCUT2D eigenvalue weighted by Crippen LogP contribution is 2.23. The molecule has 39 heavy (non-hydrogen) atoms. The fourth-order valence-corrected chi connectivity index (χ4v) is 5.03. The first-order valence-corrected chi connectivity index (χ1v) is 13.1. The lowest BCUT2D eigenvalue weighted by Crippen LogP contribution is -2.49. The molecule has 2 saturated heterocycles. The van der Waals surface area contributed by atoms with E-state index in [0.717, 1.165) is 36.3 Å². The number of aromatic nitrogens is 3. The maximum Gasteiger partial charge on any atom is 0.252 e. The topological polar surface area (TPSA) is 113 Å². The van der Waals surface area contributed by atoms with E-state index in [-0.39, 0.29) is 24.0 Å². The van der Waals surface area contributed by atoms with Crippen LogP contribution in [0.15, 0.2) is 60.0 Å². The minimum absolute atomic E-state index is 0.0205. The number of fused-ring (bicyclic) bond motifs is 1. The first-order valence-electron chi connectivity index (χ1n) is 13.1. The van der Waals surface area contributed by atoms with Crippen LogP contribution in [0.2, 0.25) is 0 Å². The molecule has 2 aliphatic heterocycles. The molecule has 2 aliphatic rings. The molecule has 0 bridgehead atoms. The van der Waals surface area contributed by atoms with Gasteiger partial charge in [0.1, 0.15) is 12.3 Å². The summed E-state index contributed by atoms with van der Waals surface area (Å²) in [5, 5.41) is 4.03. The third-order valence-corrected chi connectivity index (χ3v) is 7.32. The van der Waals surface area contributed by atoms with E-state index in [2.05, 4.69) is 26.8 Å². The maximum atomic E-state index is 12.7. The van der Waals surface area contributed by atoms with Gasteiger partial charge in [-0.05, 0) is 48.7 Å². The van der Waals surface area contributed by atoms with Crippen molar-refractivity contribution >= 4 is 40.2 Å². The summed E-state index contributed by atoms with van der Waals surface area (Å²) in [6.45, 7) is 8.39. The summed E-state index contributed by atoms with van der Waals surface area (Å²) >= 11 is 0. The number of carbonyl (C=O) groups is 2. The average Bonchev–Trinajstić information content (AvgIpc) is 2.93. The summed E-state index contributed by atoms with van der Waals surface area (Å²) in [5.41, 5.74) is 2.38. The van der Waals surface area contributed by atoms with Gasteiger partial charge in [-0.25, -0.2) is 4.98 Å². The number of rotatable bonds is 9. The van der Waals surface area contributed by atoms with Gasteiger partial charge in [0, 0.05) is 81.9 Å². The second kappa shape index (κ2) is 11.6. The van der Waals surface area contributed by atoms with Gasteiger partial charge in [-0.15, -0.1) is 0 Å². The Hall–Kier alpha value is -4.25. The van der Waals surface area contributed by atoms with Crippen LogP contribution >= 0.6 is 0 Å². The Labute approximate surface area is 226 Å². The molecule has 204 valence electrons. The fraction of sp³-hybridized carbons (Fsp3) is 0.393. The number of carbonyl (C=O) groups excluding carboxylic acids is 2. The van der Waals surface area contributed by atoms with Crippen LogP contribution in [0.3, 0.4) is 0 Å². The molecule has 2 amide bonds. The van der Waals surface area contributed by atoms with E-state index < -0.39 is 0 Å². The Bertz CT molecular complexity index is 1410. The number of ether oxygens (including phenoxy) is 1. The van der Waals surface area contributed by atoms with E-state index in [0.29, 0.717) is 50.2 Å². The van der Waals surface area contributed by atoms with Crippen molar-refractivity contribution in [2.24, 2.45) is 5.92 Å². The Morgan fingerprint density at radius 3 is 2.51 bits per heavy atom. The molecule has 0 aliphatic carbocycles. The normalized spacial score (nSPS) is 15.8. The fourth-order valence-electron chi connectivity index (χ4n) is 5.03. The molecule has 2 fully saturated rings. The molecule has 1 aromatic carbocycles. The van der Waals surface area contributed by atoms with Gasteiger partial charge in [-0.1, -0.05) is 6.58 Å². The summed E-state index contributed by atoms with van der Waals surface area (Å²) < 4.78 is 6.64. The van der Waals surface area contributed by atoms with Gasteiger partial charge in [-0.3, -0.25) is 19.0 Å². The zero-order chi connectivity index (χ0) is 27.4. The molecule has 0 spiro atoms. The van der Waals surface area contributed by atoms with Crippen molar-refractivity contribution in [3.05, 3.63) is 65.6 Å². The monoisotopic (exact) mass is 531 g/mol. The van der Waals surface area contributed by atoms with Crippen LogP contribution in [-0.2, 0) is 20.9 Å². The van der Waals surface area contributed by atoms with Gasteiger partial charge in [0.05, 0.1) is 0 Å². The summed E-state index contributed by atoms with van der Waals surface area (Å²) in [6, 6.07) is 11.3. The summed E-state index contributed by atoms with van der Waals surface area (Å²) in [5.74, 6) is 0.725. The first-order chi connectivity index (χ1) is 18.9. The average molecular weight is 532 g/mol. The third kappa shape index (κ3) is 5.93. The molecule has 0 unspecified atom stereocenters. The maximum absolute atomic E-state index is 12.7. The third-order valence-electron chi connectivity index (χ3n) is 7.32. The Kier molecular flexibility index (Phi) is 7.87.